The number of aliphatic imine (C=N–C) groups is 1. The summed E-state index contributed by atoms with van der Waals surface area (Å²) < 4.78 is 5.29. The standard InChI is InChI=1S/C19H16N2OS/c1-12-3-5-13(6-4-12)11-20-19-21-18-16-8-7-15(22-2)9-14(16)10-17(18)23-19/h3-9,11H,10H2,1-2H3. The van der Waals surface area contributed by atoms with Crippen molar-refractivity contribution in [2.75, 3.05) is 7.11 Å². The monoisotopic (exact) mass is 320 g/mol. The Bertz CT molecular complexity index is 894. The largest absolute Gasteiger partial charge is 0.497 e. The van der Waals surface area contributed by atoms with E-state index in [0.717, 1.165) is 28.6 Å². The van der Waals surface area contributed by atoms with Crippen molar-refractivity contribution in [1.29, 1.82) is 0 Å². The SMILES string of the molecule is COc1ccc2c(c1)Cc1sc(N=Cc3ccc(C)cc3)nc1-2. The van der Waals surface area contributed by atoms with Crippen molar-refractivity contribution in [2.45, 2.75) is 13.3 Å². The van der Waals surface area contributed by atoms with E-state index in [-0.39, 0.29) is 0 Å². The number of hydrogen-bond acceptors (Lipinski definition) is 4. The first-order valence-electron chi connectivity index (χ1n) is 7.50. The van der Waals surface area contributed by atoms with Crippen LogP contribution in [0.1, 0.15) is 21.6 Å². The van der Waals surface area contributed by atoms with E-state index in [1.807, 2.05) is 12.3 Å². The van der Waals surface area contributed by atoms with Crippen molar-refractivity contribution in [1.82, 2.24) is 4.98 Å². The zero-order chi connectivity index (χ0) is 15.8. The Morgan fingerprint density at radius 1 is 1.17 bits per heavy atom. The van der Waals surface area contributed by atoms with Gasteiger partial charge in [-0.15, -0.1) is 0 Å². The number of aryl methyl sites for hydroxylation is 1. The Kier molecular flexibility index (Phi) is 3.46. The molecule has 23 heavy (non-hydrogen) atoms. The van der Waals surface area contributed by atoms with Gasteiger partial charge < -0.3 is 4.74 Å². The van der Waals surface area contributed by atoms with Gasteiger partial charge in [-0.3, -0.25) is 0 Å². The summed E-state index contributed by atoms with van der Waals surface area (Å²) >= 11 is 1.66. The third-order valence-electron chi connectivity index (χ3n) is 4.01. The third-order valence-corrected chi connectivity index (χ3v) is 4.97. The van der Waals surface area contributed by atoms with Crippen molar-refractivity contribution in [3.05, 3.63) is 64.0 Å². The quantitative estimate of drug-likeness (QED) is 0.509. The molecule has 3 nitrogen and oxygen atoms in total. The Morgan fingerprint density at radius 2 is 2.00 bits per heavy atom. The average molecular weight is 320 g/mol. The van der Waals surface area contributed by atoms with E-state index >= 15 is 0 Å². The molecule has 0 fully saturated rings. The zero-order valence-corrected chi connectivity index (χ0v) is 13.9. The van der Waals surface area contributed by atoms with Gasteiger partial charge >= 0.3 is 0 Å². The molecule has 1 heterocycles. The number of benzene rings is 2. The van der Waals surface area contributed by atoms with Gasteiger partial charge in [-0.1, -0.05) is 41.2 Å². The van der Waals surface area contributed by atoms with Crippen LogP contribution in [-0.2, 0) is 6.42 Å². The van der Waals surface area contributed by atoms with Gasteiger partial charge in [0.1, 0.15) is 5.75 Å². The molecule has 0 bridgehead atoms. The summed E-state index contributed by atoms with van der Waals surface area (Å²) in [6.07, 6.45) is 2.79. The van der Waals surface area contributed by atoms with Crippen LogP contribution in [0.3, 0.4) is 0 Å². The fourth-order valence-electron chi connectivity index (χ4n) is 2.75. The minimum atomic E-state index is 0.817. The van der Waals surface area contributed by atoms with Crippen LogP contribution in [0.4, 0.5) is 5.13 Å². The molecule has 3 aromatic rings. The Labute approximate surface area is 139 Å². The lowest BCUT2D eigenvalue weighted by Crippen LogP contribution is -1.86. The van der Waals surface area contributed by atoms with Gasteiger partial charge in [-0.05, 0) is 36.2 Å². The number of methoxy groups -OCH3 is 1. The van der Waals surface area contributed by atoms with E-state index in [2.05, 4.69) is 48.3 Å². The van der Waals surface area contributed by atoms with Gasteiger partial charge in [0, 0.05) is 23.1 Å². The van der Waals surface area contributed by atoms with Crippen LogP contribution in [0, 0.1) is 6.92 Å². The summed E-state index contributed by atoms with van der Waals surface area (Å²) in [5.74, 6) is 0.900. The predicted octanol–water partition coefficient (Wildman–Crippen LogP) is 4.78. The smallest absolute Gasteiger partial charge is 0.209 e. The Balaban J connectivity index is 1.61. The van der Waals surface area contributed by atoms with Gasteiger partial charge in [0.25, 0.3) is 0 Å². The van der Waals surface area contributed by atoms with E-state index in [4.69, 9.17) is 9.72 Å². The highest BCUT2D eigenvalue weighted by atomic mass is 32.1. The zero-order valence-electron chi connectivity index (χ0n) is 13.0. The van der Waals surface area contributed by atoms with Gasteiger partial charge in [0.15, 0.2) is 0 Å². The highest BCUT2D eigenvalue weighted by molar-refractivity contribution is 7.15. The lowest BCUT2D eigenvalue weighted by Gasteiger charge is -2.03. The minimum Gasteiger partial charge on any atom is -0.497 e. The van der Waals surface area contributed by atoms with Crippen LogP contribution in [0.5, 0.6) is 5.75 Å². The summed E-state index contributed by atoms with van der Waals surface area (Å²) in [6.45, 7) is 2.08. The molecule has 0 atom stereocenters. The molecule has 2 aromatic carbocycles. The highest BCUT2D eigenvalue weighted by Gasteiger charge is 2.23. The molecule has 0 saturated heterocycles. The summed E-state index contributed by atoms with van der Waals surface area (Å²) in [5.41, 5.74) is 5.91. The number of thiazole rings is 1. The van der Waals surface area contributed by atoms with Crippen molar-refractivity contribution >= 4 is 22.7 Å². The predicted molar refractivity (Wildman–Crippen MR) is 95.3 cm³/mol. The van der Waals surface area contributed by atoms with E-state index < -0.39 is 0 Å². The van der Waals surface area contributed by atoms with E-state index in [9.17, 15) is 0 Å². The molecule has 0 radical (unpaired) electrons. The summed E-state index contributed by atoms with van der Waals surface area (Å²) in [5, 5.41) is 0.817. The molecule has 0 spiro atoms. The number of nitrogens with zero attached hydrogens (tertiary/aromatic N) is 2. The number of ether oxygens (including phenoxy) is 1. The lowest BCUT2D eigenvalue weighted by atomic mass is 10.1. The van der Waals surface area contributed by atoms with Crippen molar-refractivity contribution in [3.63, 3.8) is 0 Å². The summed E-state index contributed by atoms with van der Waals surface area (Å²) in [6, 6.07) is 14.5. The minimum absolute atomic E-state index is 0.817. The second-order valence-corrected chi connectivity index (χ2v) is 6.70. The fraction of sp³-hybridized carbons (Fsp3) is 0.158. The van der Waals surface area contributed by atoms with E-state index in [1.54, 1.807) is 18.4 Å². The summed E-state index contributed by atoms with van der Waals surface area (Å²) in [7, 11) is 1.70. The molecule has 4 rings (SSSR count). The maximum absolute atomic E-state index is 5.29. The Hall–Kier alpha value is -2.46. The first-order valence-corrected chi connectivity index (χ1v) is 8.32. The molecule has 1 aliphatic carbocycles. The summed E-state index contributed by atoms with van der Waals surface area (Å²) in [4.78, 5) is 10.5. The maximum Gasteiger partial charge on any atom is 0.209 e. The lowest BCUT2D eigenvalue weighted by molar-refractivity contribution is 0.414. The average Bonchev–Trinajstić information content (AvgIpc) is 3.10. The molecule has 114 valence electrons. The van der Waals surface area contributed by atoms with Gasteiger partial charge in [0.2, 0.25) is 5.13 Å². The van der Waals surface area contributed by atoms with Gasteiger partial charge in [-0.25, -0.2) is 9.98 Å². The molecule has 0 saturated carbocycles. The molecule has 1 aromatic heterocycles. The third kappa shape index (κ3) is 2.66. The molecular formula is C19H16N2OS. The second kappa shape index (κ2) is 5.63. The first kappa shape index (κ1) is 14.2. The van der Waals surface area contributed by atoms with Crippen LogP contribution < -0.4 is 4.74 Å². The molecule has 0 unspecified atom stereocenters. The van der Waals surface area contributed by atoms with E-state index in [1.165, 1.54) is 21.6 Å². The molecule has 0 aliphatic heterocycles. The van der Waals surface area contributed by atoms with Crippen LogP contribution in [0.15, 0.2) is 47.5 Å². The van der Waals surface area contributed by atoms with Crippen LogP contribution in [0.25, 0.3) is 11.3 Å². The first-order chi connectivity index (χ1) is 11.2. The normalized spacial score (nSPS) is 12.4. The van der Waals surface area contributed by atoms with Crippen molar-refractivity contribution in [2.24, 2.45) is 4.99 Å². The van der Waals surface area contributed by atoms with Gasteiger partial charge in [0.05, 0.1) is 12.8 Å². The topological polar surface area (TPSA) is 34.5 Å². The highest BCUT2D eigenvalue weighted by Crippen LogP contribution is 2.42. The molecule has 0 amide bonds. The Morgan fingerprint density at radius 3 is 2.78 bits per heavy atom. The molecule has 4 heteroatoms. The molecular weight excluding hydrogens is 304 g/mol. The van der Waals surface area contributed by atoms with Crippen LogP contribution in [-0.4, -0.2) is 18.3 Å². The second-order valence-electron chi connectivity index (χ2n) is 5.64. The fourth-order valence-corrected chi connectivity index (χ4v) is 3.70. The van der Waals surface area contributed by atoms with Crippen LogP contribution >= 0.6 is 11.3 Å². The van der Waals surface area contributed by atoms with Gasteiger partial charge in [-0.2, -0.15) is 0 Å². The van der Waals surface area contributed by atoms with Crippen molar-refractivity contribution in [3.8, 4) is 17.0 Å². The molecule has 1 aliphatic rings. The number of rotatable bonds is 3. The van der Waals surface area contributed by atoms with E-state index in [0.29, 0.717) is 0 Å². The van der Waals surface area contributed by atoms with Crippen LogP contribution in [0.2, 0.25) is 0 Å². The maximum atomic E-state index is 5.29. The number of fused-ring (bicyclic) bond motifs is 3. The van der Waals surface area contributed by atoms with Crippen molar-refractivity contribution < 1.29 is 4.74 Å². The number of aromatic nitrogens is 1. The number of hydrogen-bond donors (Lipinski definition) is 0. The molecule has 0 N–H and O–H groups in total.